The van der Waals surface area contributed by atoms with E-state index in [1.54, 1.807) is 11.1 Å². The SMILES string of the molecule is CC=CCC(CC)=C(C)CC. The van der Waals surface area contributed by atoms with Crippen molar-refractivity contribution in [1.29, 1.82) is 0 Å². The van der Waals surface area contributed by atoms with Gasteiger partial charge in [-0.2, -0.15) is 0 Å². The van der Waals surface area contributed by atoms with Gasteiger partial charge in [0.1, 0.15) is 0 Å². The van der Waals surface area contributed by atoms with Crippen LogP contribution in [0.1, 0.15) is 47.0 Å². The predicted octanol–water partition coefficient (Wildman–Crippen LogP) is 4.09. The molecule has 0 rings (SSSR count). The van der Waals surface area contributed by atoms with Gasteiger partial charge in [-0.1, -0.05) is 37.1 Å². The molecule has 0 spiro atoms. The van der Waals surface area contributed by atoms with E-state index < -0.39 is 0 Å². The average Bonchev–Trinajstić information content (AvgIpc) is 2.05. The van der Waals surface area contributed by atoms with E-state index in [1.165, 1.54) is 12.8 Å². The van der Waals surface area contributed by atoms with Crippen LogP contribution in [0, 0.1) is 0 Å². The highest BCUT2D eigenvalue weighted by Gasteiger charge is 1.95. The van der Waals surface area contributed by atoms with E-state index in [1.807, 2.05) is 0 Å². The monoisotopic (exact) mass is 152 g/mol. The Balaban J connectivity index is 4.14. The molecule has 0 nitrogen and oxygen atoms in total. The van der Waals surface area contributed by atoms with Crippen LogP contribution in [-0.4, -0.2) is 0 Å². The van der Waals surface area contributed by atoms with Gasteiger partial charge in [0.05, 0.1) is 0 Å². The molecular weight excluding hydrogens is 132 g/mol. The molecule has 0 unspecified atom stereocenters. The van der Waals surface area contributed by atoms with Crippen LogP contribution in [0.25, 0.3) is 0 Å². The number of allylic oxidation sites excluding steroid dienone is 4. The van der Waals surface area contributed by atoms with Crippen molar-refractivity contribution >= 4 is 0 Å². The van der Waals surface area contributed by atoms with Gasteiger partial charge in [-0.15, -0.1) is 0 Å². The highest BCUT2D eigenvalue weighted by molar-refractivity contribution is 5.14. The standard InChI is InChI=1S/C11H20/c1-5-8-9-11(7-3)10(4)6-2/h5,8H,6-7,9H2,1-4H3. The second-order valence-electron chi connectivity index (χ2n) is 2.86. The third kappa shape index (κ3) is 4.02. The van der Waals surface area contributed by atoms with Gasteiger partial charge in [-0.3, -0.25) is 0 Å². The maximum Gasteiger partial charge on any atom is -0.0136 e. The zero-order valence-corrected chi connectivity index (χ0v) is 8.28. The predicted molar refractivity (Wildman–Crippen MR) is 52.7 cm³/mol. The van der Waals surface area contributed by atoms with Crippen LogP contribution >= 0.6 is 0 Å². The van der Waals surface area contributed by atoms with Crippen molar-refractivity contribution in [2.75, 3.05) is 0 Å². The molecule has 0 aliphatic rings. The Morgan fingerprint density at radius 2 is 1.82 bits per heavy atom. The maximum atomic E-state index is 2.24. The first kappa shape index (κ1) is 10.5. The van der Waals surface area contributed by atoms with Crippen molar-refractivity contribution in [2.24, 2.45) is 0 Å². The first-order valence-corrected chi connectivity index (χ1v) is 4.54. The van der Waals surface area contributed by atoms with Crippen molar-refractivity contribution < 1.29 is 0 Å². The largest absolute Gasteiger partial charge is 0.0913 e. The average molecular weight is 152 g/mol. The van der Waals surface area contributed by atoms with Gasteiger partial charge in [0.25, 0.3) is 0 Å². The van der Waals surface area contributed by atoms with E-state index >= 15 is 0 Å². The summed E-state index contributed by atoms with van der Waals surface area (Å²) in [4.78, 5) is 0. The summed E-state index contributed by atoms with van der Waals surface area (Å²) in [5.41, 5.74) is 3.16. The molecule has 0 saturated carbocycles. The molecule has 0 aromatic heterocycles. The minimum atomic E-state index is 1.15. The summed E-state index contributed by atoms with van der Waals surface area (Å²) in [6.45, 7) is 8.77. The second-order valence-corrected chi connectivity index (χ2v) is 2.86. The Morgan fingerprint density at radius 1 is 1.18 bits per heavy atom. The lowest BCUT2D eigenvalue weighted by atomic mass is 10.0. The fraction of sp³-hybridized carbons (Fsp3) is 0.636. The third-order valence-electron chi connectivity index (χ3n) is 2.16. The molecule has 64 valence electrons. The van der Waals surface area contributed by atoms with Crippen LogP contribution in [0.2, 0.25) is 0 Å². The lowest BCUT2D eigenvalue weighted by Gasteiger charge is -2.05. The van der Waals surface area contributed by atoms with E-state index in [2.05, 4.69) is 39.8 Å². The van der Waals surface area contributed by atoms with Crippen LogP contribution in [-0.2, 0) is 0 Å². The van der Waals surface area contributed by atoms with Crippen LogP contribution in [0.15, 0.2) is 23.3 Å². The van der Waals surface area contributed by atoms with E-state index in [4.69, 9.17) is 0 Å². The zero-order chi connectivity index (χ0) is 8.69. The summed E-state index contributed by atoms with van der Waals surface area (Å²) in [6.07, 6.45) is 7.90. The molecule has 0 heteroatoms. The van der Waals surface area contributed by atoms with Crippen LogP contribution in [0.3, 0.4) is 0 Å². The lowest BCUT2D eigenvalue weighted by molar-refractivity contribution is 0.944. The van der Waals surface area contributed by atoms with Gasteiger partial charge in [-0.25, -0.2) is 0 Å². The van der Waals surface area contributed by atoms with Crippen molar-refractivity contribution in [2.45, 2.75) is 47.0 Å². The Labute approximate surface area is 71.0 Å². The summed E-state index contributed by atoms with van der Waals surface area (Å²) in [5.74, 6) is 0. The molecule has 0 aliphatic heterocycles. The Morgan fingerprint density at radius 3 is 2.18 bits per heavy atom. The Bertz CT molecular complexity index is 149. The normalized spacial score (nSPS) is 13.8. The van der Waals surface area contributed by atoms with Crippen LogP contribution in [0.5, 0.6) is 0 Å². The molecule has 0 aliphatic carbocycles. The molecule has 0 aromatic carbocycles. The topological polar surface area (TPSA) is 0 Å². The smallest absolute Gasteiger partial charge is 0.0136 e. The van der Waals surface area contributed by atoms with Crippen molar-refractivity contribution in [3.05, 3.63) is 23.3 Å². The van der Waals surface area contributed by atoms with Crippen LogP contribution in [0.4, 0.5) is 0 Å². The van der Waals surface area contributed by atoms with Gasteiger partial charge in [0.2, 0.25) is 0 Å². The molecular formula is C11H20. The highest BCUT2D eigenvalue weighted by atomic mass is 14.0. The van der Waals surface area contributed by atoms with Gasteiger partial charge in [0.15, 0.2) is 0 Å². The van der Waals surface area contributed by atoms with E-state index in [0.717, 1.165) is 6.42 Å². The van der Waals surface area contributed by atoms with E-state index in [0.29, 0.717) is 0 Å². The summed E-state index contributed by atoms with van der Waals surface area (Å²) in [7, 11) is 0. The summed E-state index contributed by atoms with van der Waals surface area (Å²) < 4.78 is 0. The molecule has 0 aromatic rings. The molecule has 0 fully saturated rings. The highest BCUT2D eigenvalue weighted by Crippen LogP contribution is 2.15. The molecule has 11 heavy (non-hydrogen) atoms. The second kappa shape index (κ2) is 6.21. The summed E-state index contributed by atoms with van der Waals surface area (Å²) in [5, 5.41) is 0. The fourth-order valence-electron chi connectivity index (χ4n) is 1.13. The zero-order valence-electron chi connectivity index (χ0n) is 8.28. The minimum absolute atomic E-state index is 1.15. The first-order valence-electron chi connectivity index (χ1n) is 4.54. The van der Waals surface area contributed by atoms with Gasteiger partial charge < -0.3 is 0 Å². The van der Waals surface area contributed by atoms with E-state index in [9.17, 15) is 0 Å². The Kier molecular flexibility index (Phi) is 5.91. The molecule has 0 N–H and O–H groups in total. The molecule has 0 bridgehead atoms. The van der Waals surface area contributed by atoms with E-state index in [-0.39, 0.29) is 0 Å². The number of rotatable bonds is 4. The minimum Gasteiger partial charge on any atom is -0.0913 e. The Hall–Kier alpha value is -0.520. The van der Waals surface area contributed by atoms with Gasteiger partial charge in [0, 0.05) is 0 Å². The molecule has 0 saturated heterocycles. The van der Waals surface area contributed by atoms with Gasteiger partial charge in [-0.05, 0) is 33.1 Å². The number of hydrogen-bond acceptors (Lipinski definition) is 0. The quantitative estimate of drug-likeness (QED) is 0.532. The van der Waals surface area contributed by atoms with Crippen molar-refractivity contribution in [1.82, 2.24) is 0 Å². The molecule has 0 radical (unpaired) electrons. The third-order valence-corrected chi connectivity index (χ3v) is 2.16. The van der Waals surface area contributed by atoms with Gasteiger partial charge >= 0.3 is 0 Å². The molecule has 0 atom stereocenters. The van der Waals surface area contributed by atoms with Crippen molar-refractivity contribution in [3.63, 3.8) is 0 Å². The van der Waals surface area contributed by atoms with Crippen molar-refractivity contribution in [3.8, 4) is 0 Å². The number of hydrogen-bond donors (Lipinski definition) is 0. The molecule has 0 heterocycles. The summed E-state index contributed by atoms with van der Waals surface area (Å²) >= 11 is 0. The lowest BCUT2D eigenvalue weighted by Crippen LogP contribution is -1.84. The molecule has 0 amide bonds. The van der Waals surface area contributed by atoms with Crippen LogP contribution < -0.4 is 0 Å². The summed E-state index contributed by atoms with van der Waals surface area (Å²) in [6, 6.07) is 0. The fourth-order valence-corrected chi connectivity index (χ4v) is 1.13. The first-order chi connectivity index (χ1) is 5.26. The maximum absolute atomic E-state index is 2.24.